The van der Waals surface area contributed by atoms with Crippen LogP contribution in [0.5, 0.6) is 0 Å². The van der Waals surface area contributed by atoms with Gasteiger partial charge in [-0.25, -0.2) is 4.79 Å². The van der Waals surface area contributed by atoms with Gasteiger partial charge in [0.2, 0.25) is 5.91 Å². The van der Waals surface area contributed by atoms with E-state index in [1.165, 1.54) is 0 Å². The van der Waals surface area contributed by atoms with Gasteiger partial charge in [0.25, 0.3) is 0 Å². The molecule has 1 saturated heterocycles. The zero-order valence-corrected chi connectivity index (χ0v) is 11.5. The van der Waals surface area contributed by atoms with Crippen LogP contribution < -0.4 is 5.32 Å². The van der Waals surface area contributed by atoms with Gasteiger partial charge in [-0.15, -0.1) is 0 Å². The van der Waals surface area contributed by atoms with E-state index in [-0.39, 0.29) is 25.3 Å². The summed E-state index contributed by atoms with van der Waals surface area (Å²) in [6.45, 7) is 5.59. The number of urea groups is 1. The van der Waals surface area contributed by atoms with Crippen molar-refractivity contribution in [2.75, 3.05) is 13.1 Å². The first-order valence-electron chi connectivity index (χ1n) is 6.70. The third-order valence-corrected chi connectivity index (χ3v) is 3.66. The van der Waals surface area contributed by atoms with Gasteiger partial charge in [0.1, 0.15) is 0 Å². The summed E-state index contributed by atoms with van der Waals surface area (Å²) in [6, 6.07) is -0.362. The molecule has 2 unspecified atom stereocenters. The van der Waals surface area contributed by atoms with Crippen LogP contribution in [0.1, 0.15) is 39.5 Å². The van der Waals surface area contributed by atoms with Crippen LogP contribution in [0.4, 0.5) is 4.79 Å². The highest BCUT2D eigenvalue weighted by Gasteiger charge is 2.26. The van der Waals surface area contributed by atoms with Crippen LogP contribution in [0.15, 0.2) is 0 Å². The molecule has 3 amide bonds. The average molecular weight is 270 g/mol. The maximum absolute atomic E-state index is 11.8. The summed E-state index contributed by atoms with van der Waals surface area (Å²) in [7, 11) is 0. The molecule has 1 rings (SSSR count). The molecule has 1 aliphatic heterocycles. The molecule has 1 fully saturated rings. The molecule has 0 spiro atoms. The van der Waals surface area contributed by atoms with Gasteiger partial charge < -0.3 is 10.0 Å². The topological polar surface area (TPSA) is 86.7 Å². The highest BCUT2D eigenvalue weighted by molar-refractivity contribution is 5.94. The highest BCUT2D eigenvalue weighted by Crippen LogP contribution is 2.22. The summed E-state index contributed by atoms with van der Waals surface area (Å²) in [4.78, 5) is 35.3. The van der Waals surface area contributed by atoms with Crippen LogP contribution in [-0.2, 0) is 9.59 Å². The van der Waals surface area contributed by atoms with Crippen molar-refractivity contribution in [3.05, 3.63) is 0 Å². The second-order valence-corrected chi connectivity index (χ2v) is 5.29. The molecule has 1 aliphatic rings. The van der Waals surface area contributed by atoms with Crippen LogP contribution in [0, 0.1) is 11.8 Å². The van der Waals surface area contributed by atoms with Crippen molar-refractivity contribution in [3.8, 4) is 0 Å². The van der Waals surface area contributed by atoms with E-state index in [2.05, 4.69) is 19.2 Å². The smallest absolute Gasteiger partial charge is 0.324 e. The van der Waals surface area contributed by atoms with E-state index in [4.69, 9.17) is 5.11 Å². The van der Waals surface area contributed by atoms with Crippen molar-refractivity contribution in [1.29, 1.82) is 0 Å². The molecule has 2 atom stereocenters. The van der Waals surface area contributed by atoms with Crippen molar-refractivity contribution < 1.29 is 19.5 Å². The molecule has 108 valence electrons. The van der Waals surface area contributed by atoms with Crippen molar-refractivity contribution in [2.45, 2.75) is 39.5 Å². The predicted octanol–water partition coefficient (Wildman–Crippen LogP) is 1.46. The Kier molecular flexibility index (Phi) is 5.79. The zero-order chi connectivity index (χ0) is 14.4. The molecule has 2 N–H and O–H groups in total. The molecule has 6 nitrogen and oxygen atoms in total. The molecule has 0 aliphatic carbocycles. The molecule has 1 heterocycles. The summed E-state index contributed by atoms with van der Waals surface area (Å²) in [5.74, 6) is -0.313. The van der Waals surface area contributed by atoms with E-state index in [1.807, 2.05) is 0 Å². The van der Waals surface area contributed by atoms with Gasteiger partial charge in [-0.2, -0.15) is 0 Å². The van der Waals surface area contributed by atoms with Gasteiger partial charge in [0.15, 0.2) is 0 Å². The number of aliphatic carboxylic acids is 1. The number of carbonyl (C=O) groups is 3. The van der Waals surface area contributed by atoms with Crippen molar-refractivity contribution in [3.63, 3.8) is 0 Å². The average Bonchev–Trinajstić information content (AvgIpc) is 2.32. The minimum atomic E-state index is -0.932. The Morgan fingerprint density at radius 1 is 1.21 bits per heavy atom. The van der Waals surface area contributed by atoms with E-state index in [1.54, 1.807) is 4.90 Å². The number of hydrogen-bond donors (Lipinski definition) is 2. The van der Waals surface area contributed by atoms with E-state index in [0.29, 0.717) is 24.9 Å². The molecule has 0 aromatic heterocycles. The van der Waals surface area contributed by atoms with Gasteiger partial charge in [0, 0.05) is 25.9 Å². The van der Waals surface area contributed by atoms with E-state index in [9.17, 15) is 14.4 Å². The number of hydrogen-bond acceptors (Lipinski definition) is 3. The maximum Gasteiger partial charge on any atom is 0.324 e. The number of rotatable bonds is 4. The Hall–Kier alpha value is -1.59. The highest BCUT2D eigenvalue weighted by atomic mass is 16.4. The lowest BCUT2D eigenvalue weighted by Crippen LogP contribution is -2.48. The Balaban J connectivity index is 2.30. The minimum absolute atomic E-state index is 0.0557. The number of nitrogens with one attached hydrogen (secondary N) is 1. The fourth-order valence-corrected chi connectivity index (χ4v) is 2.11. The molecular formula is C13H22N2O4. The number of imide groups is 1. The lowest BCUT2D eigenvalue weighted by atomic mass is 9.89. The van der Waals surface area contributed by atoms with Crippen LogP contribution in [-0.4, -0.2) is 41.0 Å². The van der Waals surface area contributed by atoms with E-state index in [0.717, 1.165) is 6.42 Å². The normalized spacial score (nSPS) is 22.9. The third-order valence-electron chi connectivity index (χ3n) is 3.66. The summed E-state index contributed by atoms with van der Waals surface area (Å²) < 4.78 is 0. The van der Waals surface area contributed by atoms with Crippen LogP contribution in [0.2, 0.25) is 0 Å². The molecule has 0 bridgehead atoms. The number of carboxylic acids is 1. The Morgan fingerprint density at radius 2 is 1.89 bits per heavy atom. The number of amides is 3. The molecule has 0 aromatic rings. The van der Waals surface area contributed by atoms with Gasteiger partial charge in [0.05, 0.1) is 0 Å². The number of carbonyl (C=O) groups excluding carboxylic acids is 2. The predicted molar refractivity (Wildman–Crippen MR) is 69.5 cm³/mol. The van der Waals surface area contributed by atoms with Gasteiger partial charge >= 0.3 is 12.0 Å². The fourth-order valence-electron chi connectivity index (χ4n) is 2.11. The first-order chi connectivity index (χ1) is 8.90. The molecule has 6 heteroatoms. The molecule has 19 heavy (non-hydrogen) atoms. The number of nitrogens with zero attached hydrogens (tertiary/aromatic N) is 1. The van der Waals surface area contributed by atoms with E-state index < -0.39 is 11.9 Å². The summed E-state index contributed by atoms with van der Waals surface area (Å²) >= 11 is 0. The monoisotopic (exact) mass is 270 g/mol. The fraction of sp³-hybridized carbons (Fsp3) is 0.769. The second kappa shape index (κ2) is 7.11. The molecular weight excluding hydrogens is 248 g/mol. The second-order valence-electron chi connectivity index (χ2n) is 5.29. The lowest BCUT2D eigenvalue weighted by molar-refractivity contribution is -0.137. The van der Waals surface area contributed by atoms with Crippen LogP contribution in [0.25, 0.3) is 0 Å². The quantitative estimate of drug-likeness (QED) is 0.809. The summed E-state index contributed by atoms with van der Waals surface area (Å²) in [6.07, 6.45) is 1.21. The minimum Gasteiger partial charge on any atom is -0.481 e. The third kappa shape index (κ3) is 5.28. The van der Waals surface area contributed by atoms with Gasteiger partial charge in [-0.3, -0.25) is 14.9 Å². The molecule has 0 radical (unpaired) electrons. The zero-order valence-electron chi connectivity index (χ0n) is 11.5. The molecule has 0 aromatic carbocycles. The first kappa shape index (κ1) is 15.5. The Labute approximate surface area is 113 Å². The molecule has 0 saturated carbocycles. The maximum atomic E-state index is 11.8. The lowest BCUT2D eigenvalue weighted by Gasteiger charge is -2.35. The first-order valence-corrected chi connectivity index (χ1v) is 6.70. The van der Waals surface area contributed by atoms with Crippen molar-refractivity contribution >= 4 is 17.9 Å². The van der Waals surface area contributed by atoms with Crippen LogP contribution >= 0.6 is 0 Å². The van der Waals surface area contributed by atoms with E-state index >= 15 is 0 Å². The van der Waals surface area contributed by atoms with Crippen molar-refractivity contribution in [2.24, 2.45) is 11.8 Å². The van der Waals surface area contributed by atoms with Crippen molar-refractivity contribution in [1.82, 2.24) is 10.2 Å². The standard InChI is InChI=1S/C13H22N2O4/c1-9-6-7-15(8-10(9)2)13(19)14-11(16)4-3-5-12(17)18/h9-10H,3-8H2,1-2H3,(H,17,18)(H,14,16,19). The Bertz CT molecular complexity index is 357. The van der Waals surface area contributed by atoms with Crippen LogP contribution in [0.3, 0.4) is 0 Å². The van der Waals surface area contributed by atoms with Gasteiger partial charge in [-0.1, -0.05) is 13.8 Å². The number of likely N-dealkylation sites (tertiary alicyclic amines) is 1. The Morgan fingerprint density at radius 3 is 2.47 bits per heavy atom. The van der Waals surface area contributed by atoms with Gasteiger partial charge in [-0.05, 0) is 24.7 Å². The largest absolute Gasteiger partial charge is 0.481 e. The number of carboxylic acid groups (broad SMARTS) is 1. The summed E-state index contributed by atoms with van der Waals surface area (Å²) in [5, 5.41) is 10.8. The number of piperidine rings is 1. The summed E-state index contributed by atoms with van der Waals surface area (Å²) in [5.41, 5.74) is 0. The SMILES string of the molecule is CC1CCN(C(=O)NC(=O)CCCC(=O)O)CC1C.